The Bertz CT molecular complexity index is 566. The molecule has 0 bridgehead atoms. The fourth-order valence-electron chi connectivity index (χ4n) is 3.14. The average Bonchev–Trinajstić information content (AvgIpc) is 2.59. The summed E-state index contributed by atoms with van der Waals surface area (Å²) in [5.41, 5.74) is 0.875. The van der Waals surface area contributed by atoms with E-state index in [1.165, 1.54) is 6.42 Å². The van der Waals surface area contributed by atoms with Crippen LogP contribution >= 0.6 is 0 Å². The summed E-state index contributed by atoms with van der Waals surface area (Å²) in [6.07, 6.45) is 6.89. The van der Waals surface area contributed by atoms with E-state index in [2.05, 4.69) is 13.8 Å². The zero-order chi connectivity index (χ0) is 16.8. The van der Waals surface area contributed by atoms with Gasteiger partial charge >= 0.3 is 0 Å². The van der Waals surface area contributed by atoms with Gasteiger partial charge in [0, 0.05) is 30.3 Å². The van der Waals surface area contributed by atoms with Crippen molar-refractivity contribution in [2.75, 3.05) is 20.8 Å². The number of amides is 1. The first-order chi connectivity index (χ1) is 11.1. The van der Waals surface area contributed by atoms with Crippen LogP contribution in [0.4, 0.5) is 0 Å². The Balaban J connectivity index is 2.14. The molecule has 0 radical (unpaired) electrons. The number of rotatable bonds is 5. The minimum Gasteiger partial charge on any atom is -0.497 e. The molecule has 0 spiro atoms. The van der Waals surface area contributed by atoms with E-state index in [0.29, 0.717) is 17.7 Å². The summed E-state index contributed by atoms with van der Waals surface area (Å²) in [5.74, 6) is 2.01. The topological polar surface area (TPSA) is 38.8 Å². The molecule has 1 aromatic rings. The highest BCUT2D eigenvalue weighted by Gasteiger charge is 2.27. The van der Waals surface area contributed by atoms with Gasteiger partial charge in [-0.25, -0.2) is 0 Å². The molecule has 1 atom stereocenters. The van der Waals surface area contributed by atoms with Crippen molar-refractivity contribution in [3.63, 3.8) is 0 Å². The van der Waals surface area contributed by atoms with Crippen molar-refractivity contribution in [1.82, 2.24) is 4.90 Å². The standard InChI is InChI=1S/C19H27NO3/c1-14(2)17-7-5-6-12-20(17)19(21)11-9-15-8-10-16(22-3)13-18(15)23-4/h8-11,13-14,17H,5-7,12H2,1-4H3. The number of nitrogens with zero attached hydrogens (tertiary/aromatic N) is 1. The Morgan fingerprint density at radius 1 is 1.26 bits per heavy atom. The molecule has 1 fully saturated rings. The lowest BCUT2D eigenvalue weighted by Crippen LogP contribution is -2.45. The van der Waals surface area contributed by atoms with Gasteiger partial charge in [-0.1, -0.05) is 13.8 Å². The third-order valence-electron chi connectivity index (χ3n) is 4.45. The quantitative estimate of drug-likeness (QED) is 0.776. The molecular formula is C19H27NO3. The summed E-state index contributed by atoms with van der Waals surface area (Å²) in [6, 6.07) is 5.93. The predicted octanol–water partition coefficient (Wildman–Crippen LogP) is 3.75. The van der Waals surface area contributed by atoms with Crippen LogP contribution in [0.5, 0.6) is 11.5 Å². The van der Waals surface area contributed by atoms with Gasteiger partial charge in [-0.05, 0) is 43.4 Å². The Kier molecular flexibility index (Phi) is 6.08. The number of benzene rings is 1. The lowest BCUT2D eigenvalue weighted by atomic mass is 9.92. The van der Waals surface area contributed by atoms with Crippen LogP contribution < -0.4 is 9.47 Å². The van der Waals surface area contributed by atoms with Gasteiger partial charge in [-0.15, -0.1) is 0 Å². The van der Waals surface area contributed by atoms with E-state index in [0.717, 1.165) is 30.7 Å². The molecule has 4 heteroatoms. The second kappa shape index (κ2) is 8.04. The van der Waals surface area contributed by atoms with Crippen LogP contribution in [0.15, 0.2) is 24.3 Å². The number of carbonyl (C=O) groups excluding carboxylic acids is 1. The largest absolute Gasteiger partial charge is 0.497 e. The summed E-state index contributed by atoms with van der Waals surface area (Å²) >= 11 is 0. The van der Waals surface area contributed by atoms with Gasteiger partial charge in [0.1, 0.15) is 11.5 Å². The lowest BCUT2D eigenvalue weighted by molar-refractivity contribution is -0.130. The monoisotopic (exact) mass is 317 g/mol. The van der Waals surface area contributed by atoms with Crippen LogP contribution in [0.25, 0.3) is 6.08 Å². The minimum absolute atomic E-state index is 0.0845. The second-order valence-corrected chi connectivity index (χ2v) is 6.28. The smallest absolute Gasteiger partial charge is 0.246 e. The molecule has 1 amide bonds. The lowest BCUT2D eigenvalue weighted by Gasteiger charge is -2.37. The molecule has 2 rings (SSSR count). The zero-order valence-corrected chi connectivity index (χ0v) is 14.5. The number of carbonyl (C=O) groups is 1. The predicted molar refractivity (Wildman–Crippen MR) is 92.8 cm³/mol. The number of likely N-dealkylation sites (tertiary alicyclic amines) is 1. The van der Waals surface area contributed by atoms with Crippen molar-refractivity contribution in [1.29, 1.82) is 0 Å². The first-order valence-electron chi connectivity index (χ1n) is 8.27. The van der Waals surface area contributed by atoms with E-state index in [1.807, 2.05) is 29.2 Å². The molecule has 1 aliphatic rings. The van der Waals surface area contributed by atoms with Crippen LogP contribution in [0.1, 0.15) is 38.7 Å². The Labute approximate surface area is 139 Å². The van der Waals surface area contributed by atoms with Crippen LogP contribution in [-0.2, 0) is 4.79 Å². The molecule has 0 aromatic heterocycles. The van der Waals surface area contributed by atoms with Gasteiger partial charge in [0.15, 0.2) is 0 Å². The molecule has 1 unspecified atom stereocenters. The van der Waals surface area contributed by atoms with Gasteiger partial charge < -0.3 is 14.4 Å². The highest BCUT2D eigenvalue weighted by Crippen LogP contribution is 2.27. The van der Waals surface area contributed by atoms with Gasteiger partial charge in [0.25, 0.3) is 0 Å². The molecule has 1 heterocycles. The summed E-state index contributed by atoms with van der Waals surface area (Å²) in [4.78, 5) is 14.6. The summed E-state index contributed by atoms with van der Waals surface area (Å²) in [7, 11) is 3.24. The van der Waals surface area contributed by atoms with Crippen LogP contribution in [0.3, 0.4) is 0 Å². The second-order valence-electron chi connectivity index (χ2n) is 6.28. The summed E-state index contributed by atoms with van der Waals surface area (Å²) < 4.78 is 10.6. The SMILES string of the molecule is COc1ccc(C=CC(=O)N2CCCCC2C(C)C)c(OC)c1. The maximum Gasteiger partial charge on any atom is 0.246 e. The molecule has 0 N–H and O–H groups in total. The van der Waals surface area contributed by atoms with Gasteiger partial charge in [0.05, 0.1) is 14.2 Å². The Morgan fingerprint density at radius 2 is 2.04 bits per heavy atom. The number of methoxy groups -OCH3 is 2. The third-order valence-corrected chi connectivity index (χ3v) is 4.45. The summed E-state index contributed by atoms with van der Waals surface area (Å²) in [6.45, 7) is 5.23. The molecular weight excluding hydrogens is 290 g/mol. The summed E-state index contributed by atoms with van der Waals surface area (Å²) in [5, 5.41) is 0. The van der Waals surface area contributed by atoms with E-state index in [4.69, 9.17) is 9.47 Å². The highest BCUT2D eigenvalue weighted by molar-refractivity contribution is 5.92. The first kappa shape index (κ1) is 17.4. The van der Waals surface area contributed by atoms with E-state index >= 15 is 0 Å². The van der Waals surface area contributed by atoms with Crippen LogP contribution in [0.2, 0.25) is 0 Å². The molecule has 0 saturated carbocycles. The fourth-order valence-corrected chi connectivity index (χ4v) is 3.14. The molecule has 1 aliphatic heterocycles. The average molecular weight is 317 g/mol. The Morgan fingerprint density at radius 3 is 2.70 bits per heavy atom. The normalized spacial score (nSPS) is 18.5. The molecule has 4 nitrogen and oxygen atoms in total. The highest BCUT2D eigenvalue weighted by atomic mass is 16.5. The van der Waals surface area contributed by atoms with E-state index in [1.54, 1.807) is 20.3 Å². The molecule has 23 heavy (non-hydrogen) atoms. The van der Waals surface area contributed by atoms with Crippen molar-refractivity contribution < 1.29 is 14.3 Å². The van der Waals surface area contributed by atoms with Crippen molar-refractivity contribution in [3.05, 3.63) is 29.8 Å². The van der Waals surface area contributed by atoms with Crippen LogP contribution in [-0.4, -0.2) is 37.6 Å². The van der Waals surface area contributed by atoms with Crippen molar-refractivity contribution in [3.8, 4) is 11.5 Å². The molecule has 1 aromatic carbocycles. The fraction of sp³-hybridized carbons (Fsp3) is 0.526. The van der Waals surface area contributed by atoms with Crippen LogP contribution in [0, 0.1) is 5.92 Å². The zero-order valence-electron chi connectivity index (χ0n) is 14.5. The Hall–Kier alpha value is -1.97. The number of ether oxygens (including phenoxy) is 2. The maximum atomic E-state index is 12.6. The molecule has 1 saturated heterocycles. The minimum atomic E-state index is 0.0845. The van der Waals surface area contributed by atoms with E-state index in [-0.39, 0.29) is 5.91 Å². The van der Waals surface area contributed by atoms with Crippen molar-refractivity contribution >= 4 is 12.0 Å². The number of piperidine rings is 1. The van der Waals surface area contributed by atoms with Crippen molar-refractivity contribution in [2.24, 2.45) is 5.92 Å². The molecule has 0 aliphatic carbocycles. The first-order valence-corrected chi connectivity index (χ1v) is 8.27. The van der Waals surface area contributed by atoms with E-state index < -0.39 is 0 Å². The maximum absolute atomic E-state index is 12.6. The van der Waals surface area contributed by atoms with Gasteiger partial charge in [-0.3, -0.25) is 4.79 Å². The molecule has 126 valence electrons. The number of hydrogen-bond donors (Lipinski definition) is 0. The van der Waals surface area contributed by atoms with Gasteiger partial charge in [0.2, 0.25) is 5.91 Å². The van der Waals surface area contributed by atoms with Crippen molar-refractivity contribution in [2.45, 2.75) is 39.2 Å². The van der Waals surface area contributed by atoms with Gasteiger partial charge in [-0.2, -0.15) is 0 Å². The number of hydrogen-bond acceptors (Lipinski definition) is 3. The third kappa shape index (κ3) is 4.27. The van der Waals surface area contributed by atoms with E-state index in [9.17, 15) is 4.79 Å².